The number of carbonyl (C=O) groups excluding carboxylic acids is 1. The predicted molar refractivity (Wildman–Crippen MR) is 73.0 cm³/mol. The van der Waals surface area contributed by atoms with Gasteiger partial charge in [-0.25, -0.2) is 9.97 Å². The molecule has 0 saturated heterocycles. The third-order valence-corrected chi connectivity index (χ3v) is 3.43. The van der Waals surface area contributed by atoms with Gasteiger partial charge in [0.1, 0.15) is 10.9 Å². The quantitative estimate of drug-likeness (QED) is 0.574. The largest absolute Gasteiger partial charge is 0.468 e. The van der Waals surface area contributed by atoms with Crippen LogP contribution in [0.15, 0.2) is 12.5 Å². The first-order chi connectivity index (χ1) is 10.1. The van der Waals surface area contributed by atoms with Gasteiger partial charge in [-0.2, -0.15) is 4.98 Å². The highest BCUT2D eigenvalue weighted by molar-refractivity contribution is 5.77. The fourth-order valence-corrected chi connectivity index (χ4v) is 2.02. The third kappa shape index (κ3) is 2.78. The average molecular weight is 295 g/mol. The Balaban J connectivity index is 2.23. The summed E-state index contributed by atoms with van der Waals surface area (Å²) in [6.07, 6.45) is 3.21. The molecule has 9 nitrogen and oxygen atoms in total. The van der Waals surface area contributed by atoms with Crippen molar-refractivity contribution in [3.05, 3.63) is 12.5 Å². The maximum atomic E-state index is 11.8. The van der Waals surface area contributed by atoms with E-state index in [1.807, 2.05) is 0 Å². The topological polar surface area (TPSA) is 136 Å². The zero-order valence-corrected chi connectivity index (χ0v) is 11.6. The first kappa shape index (κ1) is 15.1. The molecule has 0 fully saturated rings. The van der Waals surface area contributed by atoms with E-state index < -0.39 is 24.6 Å². The third-order valence-electron chi connectivity index (χ3n) is 3.43. The molecule has 0 spiro atoms. The molecule has 0 aliphatic heterocycles. The molecule has 0 atom stereocenters. The van der Waals surface area contributed by atoms with Crippen molar-refractivity contribution >= 4 is 23.1 Å². The van der Waals surface area contributed by atoms with Crippen molar-refractivity contribution in [1.82, 2.24) is 19.5 Å². The van der Waals surface area contributed by atoms with Crippen LogP contribution in [-0.2, 0) is 16.1 Å². The van der Waals surface area contributed by atoms with Gasteiger partial charge in [-0.05, 0) is 6.42 Å². The van der Waals surface area contributed by atoms with Gasteiger partial charge < -0.3 is 25.3 Å². The summed E-state index contributed by atoms with van der Waals surface area (Å²) in [5.41, 5.74) is 5.28. The van der Waals surface area contributed by atoms with Crippen molar-refractivity contribution in [1.29, 1.82) is 0 Å². The van der Waals surface area contributed by atoms with E-state index in [4.69, 9.17) is 5.73 Å². The molecule has 4 N–H and O–H groups in total. The highest BCUT2D eigenvalue weighted by Crippen LogP contribution is 2.24. The molecule has 0 aliphatic carbocycles. The second kappa shape index (κ2) is 6.02. The van der Waals surface area contributed by atoms with Crippen LogP contribution in [0.3, 0.4) is 0 Å². The van der Waals surface area contributed by atoms with Gasteiger partial charge >= 0.3 is 5.97 Å². The van der Waals surface area contributed by atoms with Crippen molar-refractivity contribution in [2.45, 2.75) is 13.0 Å². The van der Waals surface area contributed by atoms with E-state index in [-0.39, 0.29) is 12.4 Å². The highest BCUT2D eigenvalue weighted by Gasteiger charge is 2.38. The number of rotatable bonds is 6. The number of hydrogen-bond donors (Lipinski definition) is 3. The Morgan fingerprint density at radius 1 is 1.43 bits per heavy atom. The lowest BCUT2D eigenvalue weighted by atomic mass is 9.86. The summed E-state index contributed by atoms with van der Waals surface area (Å²) in [4.78, 5) is 23.8. The zero-order valence-electron chi connectivity index (χ0n) is 11.6. The number of esters is 1. The Morgan fingerprint density at radius 3 is 2.76 bits per heavy atom. The second-order valence-corrected chi connectivity index (χ2v) is 4.71. The van der Waals surface area contributed by atoms with E-state index in [2.05, 4.69) is 19.7 Å². The SMILES string of the molecule is COC(=O)C(CO)(CO)CCn1cnc2cnc(N)nc21. The van der Waals surface area contributed by atoms with Crippen molar-refractivity contribution < 1.29 is 19.7 Å². The predicted octanol–water partition coefficient (Wildman–Crippen LogP) is -1.06. The second-order valence-electron chi connectivity index (χ2n) is 4.71. The molecule has 0 amide bonds. The molecular formula is C12H17N5O4. The van der Waals surface area contributed by atoms with Crippen LogP contribution < -0.4 is 5.73 Å². The summed E-state index contributed by atoms with van der Waals surface area (Å²) < 4.78 is 6.32. The van der Waals surface area contributed by atoms with Gasteiger partial charge in [0.25, 0.3) is 0 Å². The lowest BCUT2D eigenvalue weighted by Crippen LogP contribution is -2.40. The molecule has 0 unspecified atom stereocenters. The van der Waals surface area contributed by atoms with Crippen LogP contribution >= 0.6 is 0 Å². The van der Waals surface area contributed by atoms with E-state index in [1.54, 1.807) is 4.57 Å². The number of aliphatic hydroxyl groups excluding tert-OH is 2. The van der Waals surface area contributed by atoms with Crippen LogP contribution in [0.1, 0.15) is 6.42 Å². The van der Waals surface area contributed by atoms with Gasteiger partial charge in [0.2, 0.25) is 5.95 Å². The van der Waals surface area contributed by atoms with E-state index in [1.165, 1.54) is 19.6 Å². The zero-order chi connectivity index (χ0) is 15.5. The Morgan fingerprint density at radius 2 is 2.14 bits per heavy atom. The average Bonchev–Trinajstić information content (AvgIpc) is 2.90. The number of nitrogens with zero attached hydrogens (tertiary/aromatic N) is 4. The van der Waals surface area contributed by atoms with Gasteiger partial charge in [-0.1, -0.05) is 0 Å². The molecular weight excluding hydrogens is 278 g/mol. The molecule has 114 valence electrons. The first-order valence-electron chi connectivity index (χ1n) is 6.30. The molecule has 0 bridgehead atoms. The first-order valence-corrected chi connectivity index (χ1v) is 6.30. The number of carbonyl (C=O) groups is 1. The lowest BCUT2D eigenvalue weighted by Gasteiger charge is -2.26. The fraction of sp³-hybridized carbons (Fsp3) is 0.500. The van der Waals surface area contributed by atoms with Crippen molar-refractivity contribution in [3.63, 3.8) is 0 Å². The number of anilines is 1. The molecule has 2 heterocycles. The monoisotopic (exact) mass is 295 g/mol. The summed E-state index contributed by atoms with van der Waals surface area (Å²) in [5.74, 6) is -0.543. The van der Waals surface area contributed by atoms with Crippen LogP contribution in [-0.4, -0.2) is 56.0 Å². The number of fused-ring (bicyclic) bond motifs is 1. The summed E-state index contributed by atoms with van der Waals surface area (Å²) in [6, 6.07) is 0. The number of nitrogens with two attached hydrogens (primary N) is 1. The van der Waals surface area contributed by atoms with E-state index in [0.29, 0.717) is 17.7 Å². The highest BCUT2D eigenvalue weighted by atomic mass is 16.5. The summed E-state index contributed by atoms with van der Waals surface area (Å²) in [7, 11) is 1.21. The minimum Gasteiger partial charge on any atom is -0.468 e. The van der Waals surface area contributed by atoms with Crippen molar-refractivity contribution in [2.75, 3.05) is 26.1 Å². The lowest BCUT2D eigenvalue weighted by molar-refractivity contribution is -0.159. The summed E-state index contributed by atoms with van der Waals surface area (Å²) in [5, 5.41) is 18.9. The van der Waals surface area contributed by atoms with Crippen LogP contribution in [0.5, 0.6) is 0 Å². The molecule has 0 aliphatic rings. The molecule has 0 radical (unpaired) electrons. The molecule has 9 heteroatoms. The maximum absolute atomic E-state index is 11.8. The van der Waals surface area contributed by atoms with Crippen LogP contribution in [0.25, 0.3) is 11.2 Å². The standard InChI is InChI=1S/C12H17N5O4/c1-21-10(20)12(5-18,6-19)2-3-17-7-15-8-4-14-11(13)16-9(8)17/h4,7,18-19H,2-3,5-6H2,1H3,(H2,13,14,16). The van der Waals surface area contributed by atoms with E-state index in [9.17, 15) is 15.0 Å². The van der Waals surface area contributed by atoms with Gasteiger partial charge in [0.15, 0.2) is 5.65 Å². The van der Waals surface area contributed by atoms with Crippen LogP contribution in [0.4, 0.5) is 5.95 Å². The van der Waals surface area contributed by atoms with Crippen molar-refractivity contribution in [3.8, 4) is 0 Å². The summed E-state index contributed by atoms with van der Waals surface area (Å²) in [6.45, 7) is -0.719. The van der Waals surface area contributed by atoms with Gasteiger partial charge in [-0.3, -0.25) is 4.79 Å². The van der Waals surface area contributed by atoms with E-state index in [0.717, 1.165) is 0 Å². The smallest absolute Gasteiger partial charge is 0.316 e. The number of aromatic nitrogens is 4. The number of nitrogen functional groups attached to an aromatic ring is 1. The van der Waals surface area contributed by atoms with Crippen LogP contribution in [0, 0.1) is 5.41 Å². The van der Waals surface area contributed by atoms with Crippen LogP contribution in [0.2, 0.25) is 0 Å². The number of aryl methyl sites for hydroxylation is 1. The Labute approximate surface area is 120 Å². The number of methoxy groups -OCH3 is 1. The molecule has 21 heavy (non-hydrogen) atoms. The Kier molecular flexibility index (Phi) is 4.34. The molecule has 0 saturated carbocycles. The Bertz CT molecular complexity index is 638. The maximum Gasteiger partial charge on any atom is 0.316 e. The minimum absolute atomic E-state index is 0.118. The number of aliphatic hydroxyl groups is 2. The molecule has 2 aromatic heterocycles. The fourth-order valence-electron chi connectivity index (χ4n) is 2.02. The normalized spacial score (nSPS) is 11.8. The van der Waals surface area contributed by atoms with Gasteiger partial charge in [0, 0.05) is 6.54 Å². The number of ether oxygens (including phenoxy) is 1. The van der Waals surface area contributed by atoms with Gasteiger partial charge in [-0.15, -0.1) is 0 Å². The van der Waals surface area contributed by atoms with Gasteiger partial charge in [0.05, 0.1) is 32.8 Å². The minimum atomic E-state index is -1.36. The molecule has 2 aromatic rings. The molecule has 2 rings (SSSR count). The Hall–Kier alpha value is -2.26. The van der Waals surface area contributed by atoms with Crippen molar-refractivity contribution in [2.24, 2.45) is 5.41 Å². The summed E-state index contributed by atoms with van der Waals surface area (Å²) >= 11 is 0. The molecule has 0 aromatic carbocycles. The number of imidazole rings is 1. The number of hydrogen-bond acceptors (Lipinski definition) is 8. The van der Waals surface area contributed by atoms with E-state index >= 15 is 0 Å².